The summed E-state index contributed by atoms with van der Waals surface area (Å²) in [4.78, 5) is 7.05. The normalized spacial score (nSPS) is 17.4. The standard InChI is InChI=1S/C13H26N2O2/c1-2-17-12-10-15-8-5-13(6-9-15)14-7-3-4-11-16/h16H,2-12H2,1H3. The molecular weight excluding hydrogens is 216 g/mol. The second-order valence-electron chi connectivity index (χ2n) is 4.42. The first-order valence-corrected chi connectivity index (χ1v) is 6.80. The zero-order valence-corrected chi connectivity index (χ0v) is 11.0. The lowest BCUT2D eigenvalue weighted by atomic mass is 10.1. The monoisotopic (exact) mass is 242 g/mol. The summed E-state index contributed by atoms with van der Waals surface area (Å²) in [6, 6.07) is 0. The first-order valence-electron chi connectivity index (χ1n) is 6.80. The lowest BCUT2D eigenvalue weighted by Gasteiger charge is -2.27. The van der Waals surface area contributed by atoms with Gasteiger partial charge in [-0.25, -0.2) is 0 Å². The van der Waals surface area contributed by atoms with E-state index >= 15 is 0 Å². The van der Waals surface area contributed by atoms with Crippen LogP contribution in [0.3, 0.4) is 0 Å². The summed E-state index contributed by atoms with van der Waals surface area (Å²) in [7, 11) is 0. The van der Waals surface area contributed by atoms with Crippen LogP contribution in [0.15, 0.2) is 4.99 Å². The summed E-state index contributed by atoms with van der Waals surface area (Å²) in [5.74, 6) is 0. The molecule has 0 aromatic heterocycles. The van der Waals surface area contributed by atoms with Crippen molar-refractivity contribution < 1.29 is 9.84 Å². The Morgan fingerprint density at radius 1 is 1.29 bits per heavy atom. The molecule has 0 radical (unpaired) electrons. The zero-order chi connectivity index (χ0) is 12.3. The Hall–Kier alpha value is -0.450. The molecule has 17 heavy (non-hydrogen) atoms. The van der Waals surface area contributed by atoms with Gasteiger partial charge in [-0.3, -0.25) is 4.99 Å². The minimum absolute atomic E-state index is 0.288. The molecule has 1 heterocycles. The van der Waals surface area contributed by atoms with Crippen LogP contribution in [0.25, 0.3) is 0 Å². The smallest absolute Gasteiger partial charge is 0.0593 e. The third-order valence-corrected chi connectivity index (χ3v) is 3.09. The van der Waals surface area contributed by atoms with Gasteiger partial charge >= 0.3 is 0 Å². The van der Waals surface area contributed by atoms with Gasteiger partial charge in [-0.2, -0.15) is 0 Å². The minimum atomic E-state index is 0.288. The van der Waals surface area contributed by atoms with Crippen LogP contribution in [0.4, 0.5) is 0 Å². The summed E-state index contributed by atoms with van der Waals surface area (Å²) in [5, 5.41) is 8.67. The molecule has 0 amide bonds. The molecule has 0 aromatic carbocycles. The molecule has 4 nitrogen and oxygen atoms in total. The molecular formula is C13H26N2O2. The van der Waals surface area contributed by atoms with E-state index in [9.17, 15) is 0 Å². The molecule has 0 aromatic rings. The molecule has 1 rings (SSSR count). The number of hydrogen-bond donors (Lipinski definition) is 1. The van der Waals surface area contributed by atoms with E-state index in [1.807, 2.05) is 6.92 Å². The largest absolute Gasteiger partial charge is 0.396 e. The van der Waals surface area contributed by atoms with Crippen LogP contribution >= 0.6 is 0 Å². The first-order chi connectivity index (χ1) is 8.36. The number of aliphatic hydroxyl groups excluding tert-OH is 1. The summed E-state index contributed by atoms with van der Waals surface area (Å²) in [6.07, 6.45) is 4.09. The summed E-state index contributed by atoms with van der Waals surface area (Å²) >= 11 is 0. The van der Waals surface area contributed by atoms with Crippen molar-refractivity contribution in [2.24, 2.45) is 4.99 Å². The Labute approximate surface area is 105 Å². The molecule has 100 valence electrons. The van der Waals surface area contributed by atoms with Crippen LogP contribution in [0.5, 0.6) is 0 Å². The number of piperidine rings is 1. The predicted octanol–water partition coefficient (Wildman–Crippen LogP) is 1.33. The lowest BCUT2D eigenvalue weighted by molar-refractivity contribution is 0.113. The van der Waals surface area contributed by atoms with E-state index in [-0.39, 0.29) is 6.61 Å². The van der Waals surface area contributed by atoms with E-state index in [0.717, 1.165) is 65.1 Å². The highest BCUT2D eigenvalue weighted by Gasteiger charge is 2.13. The summed E-state index contributed by atoms with van der Waals surface area (Å²) in [5.41, 5.74) is 1.36. The maximum atomic E-state index is 8.67. The third-order valence-electron chi connectivity index (χ3n) is 3.09. The van der Waals surface area contributed by atoms with Crippen molar-refractivity contribution in [1.82, 2.24) is 4.90 Å². The summed E-state index contributed by atoms with van der Waals surface area (Å²) in [6.45, 7) is 8.15. The Kier molecular flexibility index (Phi) is 8.22. The number of hydrogen-bond acceptors (Lipinski definition) is 4. The number of aliphatic imine (C=N–C) groups is 1. The van der Waals surface area contributed by atoms with Crippen molar-refractivity contribution in [1.29, 1.82) is 0 Å². The van der Waals surface area contributed by atoms with Crippen LogP contribution in [0.2, 0.25) is 0 Å². The molecule has 1 aliphatic heterocycles. The van der Waals surface area contributed by atoms with Gasteiger partial charge in [0.05, 0.1) is 6.61 Å². The molecule has 0 saturated carbocycles. The first kappa shape index (κ1) is 14.6. The fraction of sp³-hybridized carbons (Fsp3) is 0.923. The van der Waals surface area contributed by atoms with Gasteiger partial charge in [-0.05, 0) is 32.6 Å². The minimum Gasteiger partial charge on any atom is -0.396 e. The van der Waals surface area contributed by atoms with Crippen molar-refractivity contribution in [3.8, 4) is 0 Å². The topological polar surface area (TPSA) is 45.1 Å². The van der Waals surface area contributed by atoms with Crippen LogP contribution in [0.1, 0.15) is 32.6 Å². The van der Waals surface area contributed by atoms with Crippen molar-refractivity contribution in [2.75, 3.05) is 46.0 Å². The van der Waals surface area contributed by atoms with Gasteiger partial charge in [-0.15, -0.1) is 0 Å². The van der Waals surface area contributed by atoms with Gasteiger partial charge in [0.25, 0.3) is 0 Å². The Morgan fingerprint density at radius 2 is 2.06 bits per heavy atom. The van der Waals surface area contributed by atoms with Crippen molar-refractivity contribution in [3.63, 3.8) is 0 Å². The molecule has 0 atom stereocenters. The number of ether oxygens (including phenoxy) is 1. The highest BCUT2D eigenvalue weighted by atomic mass is 16.5. The molecule has 0 aliphatic carbocycles. The van der Waals surface area contributed by atoms with Crippen LogP contribution in [-0.2, 0) is 4.74 Å². The van der Waals surface area contributed by atoms with Gasteiger partial charge in [0.15, 0.2) is 0 Å². The van der Waals surface area contributed by atoms with Crippen LogP contribution in [0, 0.1) is 0 Å². The maximum absolute atomic E-state index is 8.67. The molecule has 0 spiro atoms. The third kappa shape index (κ3) is 6.76. The van der Waals surface area contributed by atoms with Gasteiger partial charge in [0.1, 0.15) is 0 Å². The lowest BCUT2D eigenvalue weighted by Crippen LogP contribution is -2.36. The van der Waals surface area contributed by atoms with E-state index < -0.39 is 0 Å². The second kappa shape index (κ2) is 9.57. The number of unbranched alkanes of at least 4 members (excludes halogenated alkanes) is 1. The van der Waals surface area contributed by atoms with Gasteiger partial charge in [-0.1, -0.05) is 0 Å². The molecule has 1 saturated heterocycles. The molecule has 0 unspecified atom stereocenters. The second-order valence-corrected chi connectivity index (χ2v) is 4.42. The van der Waals surface area contributed by atoms with E-state index in [1.54, 1.807) is 0 Å². The quantitative estimate of drug-likeness (QED) is 0.653. The average Bonchev–Trinajstić information content (AvgIpc) is 2.37. The van der Waals surface area contributed by atoms with Gasteiger partial charge in [0, 0.05) is 45.1 Å². The number of likely N-dealkylation sites (tertiary alicyclic amines) is 1. The molecule has 1 fully saturated rings. The molecule has 0 bridgehead atoms. The zero-order valence-electron chi connectivity index (χ0n) is 11.0. The Balaban J connectivity index is 2.08. The number of aliphatic hydroxyl groups is 1. The van der Waals surface area contributed by atoms with Gasteiger partial charge in [0.2, 0.25) is 0 Å². The predicted molar refractivity (Wildman–Crippen MR) is 70.8 cm³/mol. The van der Waals surface area contributed by atoms with E-state index in [2.05, 4.69) is 9.89 Å². The van der Waals surface area contributed by atoms with E-state index in [0.29, 0.717) is 0 Å². The van der Waals surface area contributed by atoms with E-state index in [1.165, 1.54) is 5.71 Å². The van der Waals surface area contributed by atoms with Crippen LogP contribution < -0.4 is 0 Å². The fourth-order valence-corrected chi connectivity index (χ4v) is 1.99. The SMILES string of the molecule is CCOCCN1CCC(=NCCCCO)CC1. The Morgan fingerprint density at radius 3 is 2.71 bits per heavy atom. The van der Waals surface area contributed by atoms with Crippen molar-refractivity contribution >= 4 is 5.71 Å². The molecule has 1 N–H and O–H groups in total. The highest BCUT2D eigenvalue weighted by molar-refractivity contribution is 5.85. The average molecular weight is 242 g/mol. The highest BCUT2D eigenvalue weighted by Crippen LogP contribution is 2.07. The van der Waals surface area contributed by atoms with Crippen LogP contribution in [-0.4, -0.2) is 61.7 Å². The van der Waals surface area contributed by atoms with Crippen molar-refractivity contribution in [2.45, 2.75) is 32.6 Å². The summed E-state index contributed by atoms with van der Waals surface area (Å²) < 4.78 is 5.36. The fourth-order valence-electron chi connectivity index (χ4n) is 1.99. The molecule has 4 heteroatoms. The van der Waals surface area contributed by atoms with Gasteiger partial charge < -0.3 is 14.7 Å². The van der Waals surface area contributed by atoms with Crippen molar-refractivity contribution in [3.05, 3.63) is 0 Å². The molecule has 1 aliphatic rings. The number of nitrogens with zero attached hydrogens (tertiary/aromatic N) is 2. The number of rotatable bonds is 8. The maximum Gasteiger partial charge on any atom is 0.0593 e. The van der Waals surface area contributed by atoms with E-state index in [4.69, 9.17) is 9.84 Å². The Bertz CT molecular complexity index is 209.